The lowest BCUT2D eigenvalue weighted by Crippen LogP contribution is -2.43. The molecule has 8 heteroatoms. The fraction of sp³-hybridized carbons (Fsp3) is 0.514. The number of thioether (sulfide) groups is 1. The Morgan fingerprint density at radius 3 is 2.38 bits per heavy atom. The van der Waals surface area contributed by atoms with E-state index >= 15 is 0 Å². The number of rotatable bonds is 13. The van der Waals surface area contributed by atoms with Gasteiger partial charge in [0.05, 0.1) is 5.70 Å². The molecule has 2 heterocycles. The van der Waals surface area contributed by atoms with E-state index in [1.165, 1.54) is 0 Å². The maximum Gasteiger partial charge on any atom is 0.254 e. The zero-order chi connectivity index (χ0) is 34.1. The van der Waals surface area contributed by atoms with Crippen molar-refractivity contribution in [3.63, 3.8) is 0 Å². The van der Waals surface area contributed by atoms with Crippen molar-refractivity contribution in [1.82, 2.24) is 15.1 Å². The predicted molar refractivity (Wildman–Crippen MR) is 192 cm³/mol. The number of likely N-dealkylation sites (tertiary alicyclic amines) is 1. The number of benzene rings is 1. The van der Waals surface area contributed by atoms with Crippen molar-refractivity contribution in [3.05, 3.63) is 81.9 Å². The quantitative estimate of drug-likeness (QED) is 0.136. The van der Waals surface area contributed by atoms with Crippen LogP contribution in [0.25, 0.3) is 0 Å². The molecule has 0 aliphatic carbocycles. The zero-order valence-electron chi connectivity index (χ0n) is 29.1. The fourth-order valence-corrected chi connectivity index (χ4v) is 5.86. The minimum Gasteiger partial charge on any atom is -0.351 e. The van der Waals surface area contributed by atoms with Crippen molar-refractivity contribution in [2.75, 3.05) is 19.3 Å². The average Bonchev–Trinajstić information content (AvgIpc) is 3.68. The molecule has 0 aromatic heterocycles. The smallest absolute Gasteiger partial charge is 0.254 e. The molecule has 0 radical (unpaired) electrons. The Morgan fingerprint density at radius 1 is 1.18 bits per heavy atom. The van der Waals surface area contributed by atoms with Crippen molar-refractivity contribution >= 4 is 36.7 Å². The summed E-state index contributed by atoms with van der Waals surface area (Å²) in [4.78, 5) is 44.3. The summed E-state index contributed by atoms with van der Waals surface area (Å²) in [6.45, 7) is 26.0. The topological polar surface area (TPSA) is 82.1 Å². The first kappa shape index (κ1) is 39.6. The van der Waals surface area contributed by atoms with Crippen molar-refractivity contribution in [2.45, 2.75) is 93.3 Å². The molecule has 2 unspecified atom stereocenters. The van der Waals surface area contributed by atoms with E-state index in [1.807, 2.05) is 68.3 Å². The Bertz CT molecular complexity index is 1250. The van der Waals surface area contributed by atoms with E-state index < -0.39 is 0 Å². The van der Waals surface area contributed by atoms with E-state index in [9.17, 15) is 14.4 Å². The zero-order valence-corrected chi connectivity index (χ0v) is 29.9. The molecule has 2 aliphatic rings. The second-order valence-electron chi connectivity index (χ2n) is 11.4. The molecule has 1 aromatic rings. The fourth-order valence-electron chi connectivity index (χ4n) is 5.11. The van der Waals surface area contributed by atoms with Gasteiger partial charge in [-0.2, -0.15) is 0 Å². The Hall–Kier alpha value is -3.39. The van der Waals surface area contributed by atoms with E-state index in [0.29, 0.717) is 31.0 Å². The first-order valence-electron chi connectivity index (χ1n) is 16.2. The number of hydrogen-bond donors (Lipinski definition) is 1. The van der Waals surface area contributed by atoms with E-state index in [0.717, 1.165) is 65.1 Å². The number of nitrogens with one attached hydrogen (secondary N) is 1. The van der Waals surface area contributed by atoms with Crippen LogP contribution in [0.1, 0.15) is 90.6 Å². The first-order chi connectivity index (χ1) is 21.5. The Morgan fingerprint density at radius 2 is 1.84 bits per heavy atom. The Balaban J connectivity index is 0.000000496. The van der Waals surface area contributed by atoms with Gasteiger partial charge >= 0.3 is 0 Å². The van der Waals surface area contributed by atoms with Crippen LogP contribution < -0.4 is 5.32 Å². The number of carbonyl (C=O) groups excluding carboxylic acids is 3. The van der Waals surface area contributed by atoms with Gasteiger partial charge in [0, 0.05) is 36.1 Å². The highest BCUT2D eigenvalue weighted by atomic mass is 32.2. The monoisotopic (exact) mass is 636 g/mol. The van der Waals surface area contributed by atoms with E-state index in [2.05, 4.69) is 64.3 Å². The van der Waals surface area contributed by atoms with Crippen LogP contribution >= 0.6 is 11.8 Å². The summed E-state index contributed by atoms with van der Waals surface area (Å²) in [6, 6.07) is 7.85. The normalized spacial score (nSPS) is 18.1. The average molecular weight is 637 g/mol. The van der Waals surface area contributed by atoms with Gasteiger partial charge in [-0.05, 0) is 80.7 Å². The summed E-state index contributed by atoms with van der Waals surface area (Å²) in [5, 5.41) is 3.01. The summed E-state index contributed by atoms with van der Waals surface area (Å²) < 4.78 is 0. The van der Waals surface area contributed by atoms with Gasteiger partial charge in [0.2, 0.25) is 12.3 Å². The third kappa shape index (κ3) is 11.2. The minimum atomic E-state index is -0.345. The maximum absolute atomic E-state index is 12.5. The molecule has 1 saturated heterocycles. The highest BCUT2D eigenvalue weighted by molar-refractivity contribution is 8.02. The molecule has 248 valence electrons. The van der Waals surface area contributed by atoms with Crippen LogP contribution in [0.15, 0.2) is 75.8 Å². The lowest BCUT2D eigenvalue weighted by atomic mass is 9.97. The highest BCUT2D eigenvalue weighted by Crippen LogP contribution is 2.28. The van der Waals surface area contributed by atoms with E-state index in [1.54, 1.807) is 16.7 Å². The molecule has 1 N–H and O–H groups in total. The van der Waals surface area contributed by atoms with Crippen molar-refractivity contribution in [3.8, 4) is 0 Å². The Labute approximate surface area is 277 Å². The SMILES string of the molecule is C=CC(=C\C=C(\CNC(=O)[C@@H]1CCCN1C=O)C(C)CC)/C(SC)=C(\C)N=C.CC.CC(C)C(C)N1Cc2ccccc2C1=O. The molecule has 0 bridgehead atoms. The van der Waals surface area contributed by atoms with Crippen LogP contribution in [0.2, 0.25) is 0 Å². The van der Waals surface area contributed by atoms with Crippen LogP contribution in [0, 0.1) is 11.8 Å². The van der Waals surface area contributed by atoms with Crippen molar-refractivity contribution in [1.29, 1.82) is 0 Å². The number of carbonyl (C=O) groups is 3. The van der Waals surface area contributed by atoms with E-state index in [4.69, 9.17) is 0 Å². The number of allylic oxidation sites excluding steroid dienone is 5. The molecule has 45 heavy (non-hydrogen) atoms. The highest BCUT2D eigenvalue weighted by Gasteiger charge is 2.31. The number of fused-ring (bicyclic) bond motifs is 1. The third-order valence-corrected chi connectivity index (χ3v) is 9.42. The summed E-state index contributed by atoms with van der Waals surface area (Å²) in [6.07, 6.45) is 11.2. The van der Waals surface area contributed by atoms with Gasteiger partial charge < -0.3 is 15.1 Å². The lowest BCUT2D eigenvalue weighted by molar-refractivity contribution is -0.131. The lowest BCUT2D eigenvalue weighted by Gasteiger charge is -2.27. The van der Waals surface area contributed by atoms with Crippen LogP contribution in [-0.4, -0.2) is 66.2 Å². The maximum atomic E-state index is 12.5. The molecule has 0 saturated carbocycles. The Kier molecular flexibility index (Phi) is 18.1. The van der Waals surface area contributed by atoms with Gasteiger partial charge in [-0.3, -0.25) is 19.4 Å². The van der Waals surface area contributed by atoms with Crippen LogP contribution in [0.3, 0.4) is 0 Å². The third-order valence-electron chi connectivity index (χ3n) is 8.48. The van der Waals surface area contributed by atoms with Gasteiger partial charge in [0.15, 0.2) is 0 Å². The standard InChI is InChI=1S/C22H33N3O2S.C13H17NO.C2H6/c1-7-16(3)19(12-11-18(8-2)21(28-6)17(4)23-5)14-24-22(27)20-10-9-13-25(20)15-26;1-9(2)10(3)14-8-11-6-4-5-7-12(11)13(14)15;1-2/h8,11-12,15-16,20H,2,5,7,9-10,13-14H2,1,3-4,6H3,(H,24,27);4-7,9-10H,8H2,1-3H3;1-2H3/b18-11+,19-12-,21-17-;;/t16?,20-;;/m0../s1. The molecule has 0 spiro atoms. The predicted octanol–water partition coefficient (Wildman–Crippen LogP) is 7.82. The van der Waals surface area contributed by atoms with Gasteiger partial charge in [0.1, 0.15) is 6.04 Å². The number of amides is 3. The van der Waals surface area contributed by atoms with Crippen molar-refractivity contribution in [2.24, 2.45) is 16.8 Å². The van der Waals surface area contributed by atoms with E-state index in [-0.39, 0.29) is 17.9 Å². The van der Waals surface area contributed by atoms with Crippen molar-refractivity contribution < 1.29 is 14.4 Å². The largest absolute Gasteiger partial charge is 0.351 e. The van der Waals surface area contributed by atoms with Crippen LogP contribution in [-0.2, 0) is 16.1 Å². The number of hydrogen-bond acceptors (Lipinski definition) is 5. The summed E-state index contributed by atoms with van der Waals surface area (Å²) in [7, 11) is 0. The van der Waals surface area contributed by atoms with Gasteiger partial charge in [-0.25, -0.2) is 0 Å². The molecule has 7 nitrogen and oxygen atoms in total. The van der Waals surface area contributed by atoms with Gasteiger partial charge in [-0.1, -0.05) is 84.5 Å². The molecule has 2 aliphatic heterocycles. The van der Waals surface area contributed by atoms with Crippen LogP contribution in [0.5, 0.6) is 0 Å². The van der Waals surface area contributed by atoms with Gasteiger partial charge in [-0.15, -0.1) is 11.8 Å². The molecule has 3 atom stereocenters. The first-order valence-corrected chi connectivity index (χ1v) is 17.4. The molecular weight excluding hydrogens is 580 g/mol. The van der Waals surface area contributed by atoms with Crippen LogP contribution in [0.4, 0.5) is 0 Å². The molecule has 3 amide bonds. The molecule has 1 aromatic carbocycles. The second kappa shape index (κ2) is 20.6. The molecule has 3 rings (SSSR count). The van der Waals surface area contributed by atoms with Gasteiger partial charge in [0.25, 0.3) is 5.91 Å². The second-order valence-corrected chi connectivity index (χ2v) is 12.3. The summed E-state index contributed by atoms with van der Waals surface area (Å²) in [5.74, 6) is 0.937. The minimum absolute atomic E-state index is 0.0804. The summed E-state index contributed by atoms with van der Waals surface area (Å²) in [5.41, 5.74) is 5.02. The number of nitrogens with zero attached hydrogens (tertiary/aromatic N) is 3. The molecular formula is C37H56N4O3S. The molecule has 1 fully saturated rings. The summed E-state index contributed by atoms with van der Waals surface area (Å²) >= 11 is 1.61. The number of aliphatic imine (C=N–C) groups is 1.